The molecule has 0 bridgehead atoms. The first kappa shape index (κ1) is 9.32. The molecule has 1 rings (SSSR count). The van der Waals surface area contributed by atoms with Gasteiger partial charge in [-0.3, -0.25) is 0 Å². The number of carboxylic acid groups (broad SMARTS) is 1. The van der Waals surface area contributed by atoms with Crippen molar-refractivity contribution in [1.82, 2.24) is 9.80 Å². The molecule has 1 saturated heterocycles. The van der Waals surface area contributed by atoms with Crippen LogP contribution in [0.4, 0.5) is 4.79 Å². The van der Waals surface area contributed by atoms with Crippen LogP contribution in [0, 0.1) is 0 Å². The largest absolute Gasteiger partial charge is 0.465 e. The van der Waals surface area contributed by atoms with Crippen molar-refractivity contribution < 1.29 is 9.90 Å². The number of carbonyl (C=O) groups is 1. The Hall–Kier alpha value is -0.770. The van der Waals surface area contributed by atoms with Gasteiger partial charge in [-0.15, -0.1) is 0 Å². The average molecular weight is 172 g/mol. The summed E-state index contributed by atoms with van der Waals surface area (Å²) in [6.07, 6.45) is 0.143. The molecule has 4 heteroatoms. The van der Waals surface area contributed by atoms with Crippen molar-refractivity contribution in [3.63, 3.8) is 0 Å². The standard InChI is InChI=1S/C8H16N2O2/c1-7-6-10(8(11)12)5-3-4-9(7)2/h7H,3-6H2,1-2H3,(H,11,12). The van der Waals surface area contributed by atoms with Gasteiger partial charge >= 0.3 is 6.09 Å². The fourth-order valence-corrected chi connectivity index (χ4v) is 1.45. The summed E-state index contributed by atoms with van der Waals surface area (Å²) in [5, 5.41) is 8.77. The first-order chi connectivity index (χ1) is 5.61. The van der Waals surface area contributed by atoms with Crippen molar-refractivity contribution in [2.75, 3.05) is 26.7 Å². The van der Waals surface area contributed by atoms with Gasteiger partial charge in [-0.25, -0.2) is 4.79 Å². The molecule has 1 atom stereocenters. The number of rotatable bonds is 0. The SMILES string of the molecule is CC1CN(C(=O)O)CCCN1C. The van der Waals surface area contributed by atoms with Crippen molar-refractivity contribution in [3.05, 3.63) is 0 Å². The summed E-state index contributed by atoms with van der Waals surface area (Å²) in [5.41, 5.74) is 0. The molecular formula is C8H16N2O2. The number of hydrogen-bond donors (Lipinski definition) is 1. The second-order valence-electron chi connectivity index (χ2n) is 3.41. The van der Waals surface area contributed by atoms with E-state index in [-0.39, 0.29) is 0 Å². The lowest BCUT2D eigenvalue weighted by Gasteiger charge is -2.23. The summed E-state index contributed by atoms with van der Waals surface area (Å²) < 4.78 is 0. The van der Waals surface area contributed by atoms with Gasteiger partial charge in [0.25, 0.3) is 0 Å². The lowest BCUT2D eigenvalue weighted by atomic mass is 10.3. The van der Waals surface area contributed by atoms with Gasteiger partial charge in [0, 0.05) is 19.1 Å². The van der Waals surface area contributed by atoms with Crippen molar-refractivity contribution in [1.29, 1.82) is 0 Å². The van der Waals surface area contributed by atoms with Crippen LogP contribution < -0.4 is 0 Å². The van der Waals surface area contributed by atoms with Crippen LogP contribution in [-0.4, -0.2) is 53.7 Å². The lowest BCUT2D eigenvalue weighted by Crippen LogP contribution is -2.38. The molecule has 1 heterocycles. The van der Waals surface area contributed by atoms with E-state index in [1.54, 1.807) is 0 Å². The third kappa shape index (κ3) is 2.11. The smallest absolute Gasteiger partial charge is 0.407 e. The van der Waals surface area contributed by atoms with Crippen LogP contribution in [0.5, 0.6) is 0 Å². The summed E-state index contributed by atoms with van der Waals surface area (Å²) in [7, 11) is 2.04. The van der Waals surface area contributed by atoms with E-state index in [1.165, 1.54) is 4.90 Å². The molecule has 12 heavy (non-hydrogen) atoms. The van der Waals surface area contributed by atoms with E-state index in [0.29, 0.717) is 19.1 Å². The molecule has 70 valence electrons. The normalized spacial score (nSPS) is 26.8. The molecule has 0 spiro atoms. The molecule has 0 aromatic heterocycles. The molecule has 1 unspecified atom stereocenters. The Balaban J connectivity index is 2.54. The summed E-state index contributed by atoms with van der Waals surface area (Å²) >= 11 is 0. The molecule has 0 aromatic rings. The van der Waals surface area contributed by atoms with Gasteiger partial charge in [0.05, 0.1) is 0 Å². The zero-order chi connectivity index (χ0) is 9.14. The quantitative estimate of drug-likeness (QED) is 0.584. The predicted molar refractivity (Wildman–Crippen MR) is 46.3 cm³/mol. The Morgan fingerprint density at radius 1 is 1.50 bits per heavy atom. The lowest BCUT2D eigenvalue weighted by molar-refractivity contribution is 0.140. The summed E-state index contributed by atoms with van der Waals surface area (Å²) in [5.74, 6) is 0. The van der Waals surface area contributed by atoms with Crippen LogP contribution in [-0.2, 0) is 0 Å². The van der Waals surface area contributed by atoms with Crippen LogP contribution in [0.15, 0.2) is 0 Å². The molecule has 1 aliphatic rings. The first-order valence-electron chi connectivity index (χ1n) is 4.29. The zero-order valence-electron chi connectivity index (χ0n) is 7.66. The summed E-state index contributed by atoms with van der Waals surface area (Å²) in [6.45, 7) is 4.35. The molecule has 0 radical (unpaired) electrons. The minimum atomic E-state index is -0.794. The van der Waals surface area contributed by atoms with Crippen molar-refractivity contribution >= 4 is 6.09 Å². The van der Waals surface area contributed by atoms with Gasteiger partial charge in [0.1, 0.15) is 0 Å². The van der Waals surface area contributed by atoms with E-state index in [9.17, 15) is 4.79 Å². The molecule has 1 aliphatic heterocycles. The molecule has 1 N–H and O–H groups in total. The van der Waals surface area contributed by atoms with Gasteiger partial charge in [-0.05, 0) is 26.9 Å². The minimum Gasteiger partial charge on any atom is -0.465 e. The second kappa shape index (κ2) is 3.76. The van der Waals surface area contributed by atoms with Gasteiger partial charge in [-0.2, -0.15) is 0 Å². The highest BCUT2D eigenvalue weighted by atomic mass is 16.4. The predicted octanol–water partition coefficient (Wildman–Crippen LogP) is 0.690. The van der Waals surface area contributed by atoms with Crippen LogP contribution in [0.3, 0.4) is 0 Å². The first-order valence-corrected chi connectivity index (χ1v) is 4.29. The molecule has 0 aliphatic carbocycles. The van der Waals surface area contributed by atoms with E-state index in [1.807, 2.05) is 7.05 Å². The molecule has 0 aromatic carbocycles. The third-order valence-corrected chi connectivity index (χ3v) is 2.45. The number of amides is 1. The summed E-state index contributed by atoms with van der Waals surface area (Å²) in [4.78, 5) is 14.4. The van der Waals surface area contributed by atoms with Crippen molar-refractivity contribution in [2.45, 2.75) is 19.4 Å². The maximum atomic E-state index is 10.7. The van der Waals surface area contributed by atoms with Crippen molar-refractivity contribution in [2.24, 2.45) is 0 Å². The fraction of sp³-hybridized carbons (Fsp3) is 0.875. The van der Waals surface area contributed by atoms with Crippen LogP contribution in [0.25, 0.3) is 0 Å². The monoisotopic (exact) mass is 172 g/mol. The topological polar surface area (TPSA) is 43.8 Å². The third-order valence-electron chi connectivity index (χ3n) is 2.45. The van der Waals surface area contributed by atoms with Crippen LogP contribution in [0.2, 0.25) is 0 Å². The highest BCUT2D eigenvalue weighted by Crippen LogP contribution is 2.07. The Morgan fingerprint density at radius 2 is 2.17 bits per heavy atom. The number of hydrogen-bond acceptors (Lipinski definition) is 2. The van der Waals surface area contributed by atoms with Gasteiger partial charge < -0.3 is 14.9 Å². The maximum Gasteiger partial charge on any atom is 0.407 e. The van der Waals surface area contributed by atoms with Gasteiger partial charge in [0.15, 0.2) is 0 Å². The van der Waals surface area contributed by atoms with Gasteiger partial charge in [-0.1, -0.05) is 0 Å². The zero-order valence-corrected chi connectivity index (χ0v) is 7.66. The minimum absolute atomic E-state index is 0.337. The fourth-order valence-electron chi connectivity index (χ4n) is 1.45. The van der Waals surface area contributed by atoms with Crippen LogP contribution in [0.1, 0.15) is 13.3 Å². The molecule has 1 fully saturated rings. The van der Waals surface area contributed by atoms with E-state index in [4.69, 9.17) is 5.11 Å². The maximum absolute atomic E-state index is 10.7. The second-order valence-corrected chi connectivity index (χ2v) is 3.41. The molecule has 0 saturated carbocycles. The Labute approximate surface area is 72.8 Å². The molecule has 1 amide bonds. The van der Waals surface area contributed by atoms with E-state index < -0.39 is 6.09 Å². The highest BCUT2D eigenvalue weighted by Gasteiger charge is 2.21. The average Bonchev–Trinajstić information content (AvgIpc) is 2.15. The van der Waals surface area contributed by atoms with Crippen molar-refractivity contribution in [3.8, 4) is 0 Å². The Bertz CT molecular complexity index is 172. The number of nitrogens with zero attached hydrogens (tertiary/aromatic N) is 2. The Kier molecular flexibility index (Phi) is 2.92. The summed E-state index contributed by atoms with van der Waals surface area (Å²) in [6, 6.07) is 0.337. The molecule has 4 nitrogen and oxygen atoms in total. The number of likely N-dealkylation sites (N-methyl/N-ethyl adjacent to an activating group) is 1. The van der Waals surface area contributed by atoms with E-state index in [2.05, 4.69) is 11.8 Å². The molecular weight excluding hydrogens is 156 g/mol. The van der Waals surface area contributed by atoms with E-state index in [0.717, 1.165) is 13.0 Å². The van der Waals surface area contributed by atoms with Crippen LogP contribution >= 0.6 is 0 Å². The highest BCUT2D eigenvalue weighted by molar-refractivity contribution is 5.65. The van der Waals surface area contributed by atoms with Gasteiger partial charge in [0.2, 0.25) is 0 Å². The Morgan fingerprint density at radius 3 is 2.75 bits per heavy atom. The van der Waals surface area contributed by atoms with E-state index >= 15 is 0 Å².